The van der Waals surface area contributed by atoms with E-state index >= 15 is 0 Å². The summed E-state index contributed by atoms with van der Waals surface area (Å²) in [5, 5.41) is 3.72. The maximum Gasteiger partial charge on any atom is 0.269 e. The summed E-state index contributed by atoms with van der Waals surface area (Å²) in [6.45, 7) is 7.13. The fraction of sp³-hybridized carbons (Fsp3) is 0.357. The highest BCUT2D eigenvalue weighted by molar-refractivity contribution is 7.93. The lowest BCUT2D eigenvalue weighted by molar-refractivity contribution is 0.390. The molecule has 1 heterocycles. The average Bonchev–Trinajstić information content (AvgIpc) is 2.74. The topological polar surface area (TPSA) is 89.4 Å². The van der Waals surface area contributed by atoms with Crippen LogP contribution in [0.15, 0.2) is 27.6 Å². The molecule has 0 amide bonds. The van der Waals surface area contributed by atoms with Crippen molar-refractivity contribution >= 4 is 21.4 Å². The summed E-state index contributed by atoms with van der Waals surface area (Å²) in [6.07, 6.45) is 0. The van der Waals surface area contributed by atoms with Gasteiger partial charge < -0.3 is 10.3 Å². The van der Waals surface area contributed by atoms with E-state index in [0.717, 1.165) is 5.56 Å². The van der Waals surface area contributed by atoms with Crippen molar-refractivity contribution in [2.24, 2.45) is 0 Å². The van der Waals surface area contributed by atoms with Crippen molar-refractivity contribution in [3.63, 3.8) is 0 Å². The van der Waals surface area contributed by atoms with E-state index in [9.17, 15) is 8.42 Å². The van der Waals surface area contributed by atoms with Gasteiger partial charge in [0.15, 0.2) is 10.7 Å². The van der Waals surface area contributed by atoms with Gasteiger partial charge >= 0.3 is 0 Å². The Balaban J connectivity index is 2.57. The van der Waals surface area contributed by atoms with Crippen LogP contribution in [0, 0.1) is 20.8 Å². The number of hydrogen-bond donors (Lipinski definition) is 1. The van der Waals surface area contributed by atoms with Gasteiger partial charge in [-0.2, -0.15) is 0 Å². The zero-order chi connectivity index (χ0) is 15.8. The SMILES string of the molecule is CCN(c1ccc(C)c(N)c1)S(=O)(=O)c1c(C)noc1C. The minimum atomic E-state index is -3.73. The standard InChI is InChI=1S/C14H19N3O3S/c1-5-17(12-7-6-9(2)13(15)8-12)21(18,19)14-10(3)16-20-11(14)4/h6-8H,5,15H2,1-4H3. The molecule has 0 spiro atoms. The molecule has 1 aromatic carbocycles. The number of anilines is 2. The molecule has 0 radical (unpaired) electrons. The Kier molecular flexibility index (Phi) is 3.95. The second-order valence-corrected chi connectivity index (χ2v) is 6.66. The molecule has 0 aliphatic carbocycles. The number of nitrogen functional groups attached to an aromatic ring is 1. The third-order valence-corrected chi connectivity index (χ3v) is 5.50. The predicted molar refractivity (Wildman–Crippen MR) is 81.8 cm³/mol. The van der Waals surface area contributed by atoms with E-state index in [1.165, 1.54) is 4.31 Å². The summed E-state index contributed by atoms with van der Waals surface area (Å²) in [4.78, 5) is 0.114. The van der Waals surface area contributed by atoms with Crippen molar-refractivity contribution in [1.29, 1.82) is 0 Å². The third kappa shape index (κ3) is 2.61. The molecule has 0 bridgehead atoms. The Hall–Kier alpha value is -2.02. The number of nitrogens with zero attached hydrogens (tertiary/aromatic N) is 2. The normalized spacial score (nSPS) is 11.6. The fourth-order valence-electron chi connectivity index (χ4n) is 2.23. The Morgan fingerprint density at radius 3 is 2.43 bits per heavy atom. The maximum atomic E-state index is 12.8. The highest BCUT2D eigenvalue weighted by atomic mass is 32.2. The van der Waals surface area contributed by atoms with Crippen molar-refractivity contribution in [2.45, 2.75) is 32.6 Å². The molecule has 0 saturated carbocycles. The second-order valence-electron chi connectivity index (χ2n) is 4.86. The molecular formula is C14H19N3O3S. The van der Waals surface area contributed by atoms with Crippen LogP contribution in [0.5, 0.6) is 0 Å². The summed E-state index contributed by atoms with van der Waals surface area (Å²) >= 11 is 0. The lowest BCUT2D eigenvalue weighted by Crippen LogP contribution is -2.31. The molecule has 0 saturated heterocycles. The zero-order valence-electron chi connectivity index (χ0n) is 12.5. The Bertz CT molecular complexity index is 746. The van der Waals surface area contributed by atoms with E-state index in [4.69, 9.17) is 10.3 Å². The van der Waals surface area contributed by atoms with E-state index in [-0.39, 0.29) is 17.2 Å². The van der Waals surface area contributed by atoms with Crippen molar-refractivity contribution in [1.82, 2.24) is 5.16 Å². The van der Waals surface area contributed by atoms with Crippen LogP contribution in [0.3, 0.4) is 0 Å². The second kappa shape index (κ2) is 5.40. The van der Waals surface area contributed by atoms with Crippen molar-refractivity contribution in [3.05, 3.63) is 35.2 Å². The maximum absolute atomic E-state index is 12.8. The van der Waals surface area contributed by atoms with Gasteiger partial charge in [0, 0.05) is 12.2 Å². The smallest absolute Gasteiger partial charge is 0.269 e. The predicted octanol–water partition coefficient (Wildman–Crippen LogP) is 2.40. The number of sulfonamides is 1. The minimum Gasteiger partial charge on any atom is -0.398 e. The Morgan fingerprint density at radius 2 is 1.95 bits per heavy atom. The molecular weight excluding hydrogens is 290 g/mol. The molecule has 7 heteroatoms. The Labute approximate surface area is 124 Å². The molecule has 0 atom stereocenters. The number of aryl methyl sites for hydroxylation is 3. The number of aromatic nitrogens is 1. The van der Waals surface area contributed by atoms with Crippen LogP contribution in [-0.4, -0.2) is 20.1 Å². The van der Waals surface area contributed by atoms with Gasteiger partial charge in [0.25, 0.3) is 10.0 Å². The number of benzene rings is 1. The summed E-state index contributed by atoms with van der Waals surface area (Å²) in [5.41, 5.74) is 8.23. The summed E-state index contributed by atoms with van der Waals surface area (Å²) < 4.78 is 32.0. The van der Waals surface area contributed by atoms with Crippen molar-refractivity contribution < 1.29 is 12.9 Å². The van der Waals surface area contributed by atoms with Crippen LogP contribution in [0.25, 0.3) is 0 Å². The lowest BCUT2D eigenvalue weighted by Gasteiger charge is -2.23. The van der Waals surface area contributed by atoms with E-state index in [1.807, 2.05) is 6.92 Å². The quantitative estimate of drug-likeness (QED) is 0.876. The fourth-order valence-corrected chi connectivity index (χ4v) is 3.99. The van der Waals surface area contributed by atoms with Crippen LogP contribution in [-0.2, 0) is 10.0 Å². The van der Waals surface area contributed by atoms with Crippen LogP contribution in [0.2, 0.25) is 0 Å². The average molecular weight is 309 g/mol. The number of rotatable bonds is 4. The van der Waals surface area contributed by atoms with E-state index in [0.29, 0.717) is 17.1 Å². The molecule has 114 valence electrons. The monoisotopic (exact) mass is 309 g/mol. The molecule has 2 N–H and O–H groups in total. The molecule has 0 aliphatic rings. The molecule has 0 unspecified atom stereocenters. The van der Waals surface area contributed by atoms with E-state index in [1.54, 1.807) is 39.0 Å². The van der Waals surface area contributed by atoms with Crippen molar-refractivity contribution in [3.8, 4) is 0 Å². The largest absolute Gasteiger partial charge is 0.398 e. The van der Waals surface area contributed by atoms with Gasteiger partial charge in [0.2, 0.25) is 0 Å². The highest BCUT2D eigenvalue weighted by Crippen LogP contribution is 2.29. The molecule has 0 aliphatic heterocycles. The Morgan fingerprint density at radius 1 is 1.29 bits per heavy atom. The molecule has 1 aromatic heterocycles. The minimum absolute atomic E-state index is 0.114. The lowest BCUT2D eigenvalue weighted by atomic mass is 10.2. The first-order valence-electron chi connectivity index (χ1n) is 6.60. The first kappa shape index (κ1) is 15.4. The van der Waals surface area contributed by atoms with Gasteiger partial charge in [-0.15, -0.1) is 0 Å². The number of hydrogen-bond acceptors (Lipinski definition) is 5. The van der Waals surface area contributed by atoms with Crippen LogP contribution < -0.4 is 10.0 Å². The molecule has 0 fully saturated rings. The van der Waals surface area contributed by atoms with Gasteiger partial charge in [-0.1, -0.05) is 11.2 Å². The van der Waals surface area contributed by atoms with E-state index in [2.05, 4.69) is 5.16 Å². The summed E-state index contributed by atoms with van der Waals surface area (Å²) in [7, 11) is -3.73. The molecule has 21 heavy (non-hydrogen) atoms. The van der Waals surface area contributed by atoms with Gasteiger partial charge in [0.05, 0.1) is 5.69 Å². The molecule has 2 aromatic rings. The molecule has 6 nitrogen and oxygen atoms in total. The molecule has 2 rings (SSSR count). The van der Waals surface area contributed by atoms with E-state index < -0.39 is 10.0 Å². The summed E-state index contributed by atoms with van der Waals surface area (Å²) in [5.74, 6) is 0.283. The zero-order valence-corrected chi connectivity index (χ0v) is 13.4. The summed E-state index contributed by atoms with van der Waals surface area (Å²) in [6, 6.07) is 5.20. The van der Waals surface area contributed by atoms with Crippen LogP contribution >= 0.6 is 0 Å². The first-order chi connectivity index (χ1) is 9.78. The van der Waals surface area contributed by atoms with Gasteiger partial charge in [0.1, 0.15) is 5.69 Å². The third-order valence-electron chi connectivity index (χ3n) is 3.35. The van der Waals surface area contributed by atoms with Crippen LogP contribution in [0.1, 0.15) is 23.9 Å². The highest BCUT2D eigenvalue weighted by Gasteiger charge is 2.30. The number of nitrogens with two attached hydrogens (primary N) is 1. The van der Waals surface area contributed by atoms with Gasteiger partial charge in [-0.3, -0.25) is 4.31 Å². The van der Waals surface area contributed by atoms with Crippen molar-refractivity contribution in [2.75, 3.05) is 16.6 Å². The first-order valence-corrected chi connectivity index (χ1v) is 8.04. The van der Waals surface area contributed by atoms with Gasteiger partial charge in [-0.25, -0.2) is 8.42 Å². The van der Waals surface area contributed by atoms with Crippen LogP contribution in [0.4, 0.5) is 11.4 Å². The van der Waals surface area contributed by atoms with Gasteiger partial charge in [-0.05, 0) is 45.4 Å².